The Hall–Kier alpha value is -3.14. The minimum absolute atomic E-state index is 0.0168. The van der Waals surface area contributed by atoms with Crippen LogP contribution < -0.4 is 15.4 Å². The molecule has 1 heterocycles. The van der Waals surface area contributed by atoms with E-state index in [2.05, 4.69) is 10.6 Å². The highest BCUT2D eigenvalue weighted by Crippen LogP contribution is 2.35. The van der Waals surface area contributed by atoms with E-state index in [9.17, 15) is 18.8 Å². The molecule has 7 nitrogen and oxygen atoms in total. The molecular formula is C23H19Cl2FN2O5S. The van der Waals surface area contributed by atoms with Gasteiger partial charge in [0.2, 0.25) is 0 Å². The van der Waals surface area contributed by atoms with Gasteiger partial charge in [0, 0.05) is 5.02 Å². The first-order valence-corrected chi connectivity index (χ1v) is 11.5. The smallest absolute Gasteiger partial charge is 0.341 e. The van der Waals surface area contributed by atoms with Gasteiger partial charge in [-0.25, -0.2) is 9.18 Å². The van der Waals surface area contributed by atoms with Gasteiger partial charge in [0.05, 0.1) is 27.8 Å². The maximum absolute atomic E-state index is 14.0. The molecule has 0 radical (unpaired) electrons. The zero-order valence-electron chi connectivity index (χ0n) is 18.0. The number of nitrogens with one attached hydrogen (secondary N) is 2. The lowest BCUT2D eigenvalue weighted by Gasteiger charge is -2.09. The molecule has 0 unspecified atom stereocenters. The number of anilines is 2. The molecular weight excluding hydrogens is 506 g/mol. The van der Waals surface area contributed by atoms with Gasteiger partial charge in [-0.05, 0) is 49.7 Å². The molecule has 11 heteroatoms. The molecule has 0 spiro atoms. The van der Waals surface area contributed by atoms with Gasteiger partial charge in [0.15, 0.2) is 6.61 Å². The van der Waals surface area contributed by atoms with Crippen LogP contribution in [0.1, 0.15) is 32.5 Å². The van der Waals surface area contributed by atoms with Crippen molar-refractivity contribution in [2.45, 2.75) is 13.8 Å². The lowest BCUT2D eigenvalue weighted by Crippen LogP contribution is -2.21. The largest absolute Gasteiger partial charge is 0.482 e. The van der Waals surface area contributed by atoms with Crippen LogP contribution >= 0.6 is 34.5 Å². The van der Waals surface area contributed by atoms with Crippen molar-refractivity contribution >= 4 is 63.0 Å². The highest BCUT2D eigenvalue weighted by molar-refractivity contribution is 7.19. The molecule has 0 atom stereocenters. The molecule has 34 heavy (non-hydrogen) atoms. The molecule has 0 aliphatic rings. The number of thiophene rings is 1. The number of hydrogen-bond acceptors (Lipinski definition) is 6. The van der Waals surface area contributed by atoms with E-state index in [0.717, 1.165) is 11.3 Å². The third-order valence-electron chi connectivity index (χ3n) is 4.46. The molecule has 0 aliphatic heterocycles. The average molecular weight is 525 g/mol. The Kier molecular flexibility index (Phi) is 8.49. The van der Waals surface area contributed by atoms with Crippen molar-refractivity contribution in [3.05, 3.63) is 74.3 Å². The molecule has 0 fully saturated rings. The summed E-state index contributed by atoms with van der Waals surface area (Å²) in [6.45, 7) is 2.85. The average Bonchev–Trinajstić information content (AvgIpc) is 3.10. The minimum atomic E-state index is -0.710. The van der Waals surface area contributed by atoms with Gasteiger partial charge in [-0.1, -0.05) is 35.3 Å². The fourth-order valence-electron chi connectivity index (χ4n) is 2.91. The third-order valence-corrected chi connectivity index (χ3v) is 6.20. The van der Waals surface area contributed by atoms with Crippen molar-refractivity contribution in [3.63, 3.8) is 0 Å². The number of carbonyl (C=O) groups excluding carboxylic acids is 3. The Labute approximate surface area is 208 Å². The third kappa shape index (κ3) is 6.05. The first-order chi connectivity index (χ1) is 16.2. The molecule has 3 rings (SSSR count). The van der Waals surface area contributed by atoms with Crippen LogP contribution in [0.4, 0.5) is 15.1 Å². The van der Waals surface area contributed by atoms with Crippen molar-refractivity contribution in [2.75, 3.05) is 23.8 Å². The number of rotatable bonds is 8. The van der Waals surface area contributed by atoms with Crippen molar-refractivity contribution < 1.29 is 28.2 Å². The van der Waals surface area contributed by atoms with Crippen LogP contribution in [0.3, 0.4) is 0 Å². The van der Waals surface area contributed by atoms with Gasteiger partial charge in [-0.3, -0.25) is 9.59 Å². The summed E-state index contributed by atoms with van der Waals surface area (Å²) in [5, 5.41) is 5.79. The van der Waals surface area contributed by atoms with Gasteiger partial charge < -0.3 is 20.1 Å². The topological polar surface area (TPSA) is 93.7 Å². The quantitative estimate of drug-likeness (QED) is 0.355. The maximum Gasteiger partial charge on any atom is 0.341 e. The highest BCUT2D eigenvalue weighted by atomic mass is 35.5. The number of halogens is 3. The highest BCUT2D eigenvalue weighted by Gasteiger charge is 2.27. The normalized spacial score (nSPS) is 10.5. The lowest BCUT2D eigenvalue weighted by atomic mass is 10.1. The van der Waals surface area contributed by atoms with E-state index in [0.29, 0.717) is 5.02 Å². The van der Waals surface area contributed by atoms with Crippen molar-refractivity contribution in [1.29, 1.82) is 0 Å². The van der Waals surface area contributed by atoms with E-state index in [1.807, 2.05) is 0 Å². The molecule has 2 N–H and O–H groups in total. The maximum atomic E-state index is 14.0. The number of amides is 2. The molecule has 1 aromatic heterocycles. The first-order valence-electron chi connectivity index (χ1n) is 9.95. The molecule has 0 aliphatic carbocycles. The predicted molar refractivity (Wildman–Crippen MR) is 130 cm³/mol. The Balaban J connectivity index is 1.82. The van der Waals surface area contributed by atoms with Crippen molar-refractivity contribution in [1.82, 2.24) is 0 Å². The van der Waals surface area contributed by atoms with Gasteiger partial charge >= 0.3 is 5.97 Å². The molecule has 0 saturated heterocycles. The number of para-hydroxylation sites is 1. The van der Waals surface area contributed by atoms with Gasteiger partial charge in [0.25, 0.3) is 11.8 Å². The van der Waals surface area contributed by atoms with E-state index in [1.54, 1.807) is 26.0 Å². The Morgan fingerprint density at radius 1 is 1.09 bits per heavy atom. The summed E-state index contributed by atoms with van der Waals surface area (Å²) in [5.74, 6) is -2.30. The molecule has 0 saturated carbocycles. The molecule has 2 aromatic carbocycles. The predicted octanol–water partition coefficient (Wildman–Crippen LogP) is 5.95. The standard InChI is InChI=1S/C23H19Cl2FN2O5S/c1-3-32-23(31)19-12(2)20(21(30)27-16-7-5-4-6-15(16)26)34-22(19)28-18(29)11-33-17-9-8-13(24)10-14(17)25/h4-10H,3,11H2,1-2H3,(H,27,30)(H,28,29). The molecule has 0 bridgehead atoms. The number of benzene rings is 2. The lowest BCUT2D eigenvalue weighted by molar-refractivity contribution is -0.118. The van der Waals surface area contributed by atoms with Crippen LogP contribution in [0.25, 0.3) is 0 Å². The summed E-state index contributed by atoms with van der Waals surface area (Å²) in [4.78, 5) is 38.0. The zero-order chi connectivity index (χ0) is 24.8. The summed E-state index contributed by atoms with van der Waals surface area (Å²) in [5.41, 5.74) is 0.300. The van der Waals surface area contributed by atoms with Crippen LogP contribution in [-0.2, 0) is 9.53 Å². The number of ether oxygens (including phenoxy) is 2. The van der Waals surface area contributed by atoms with E-state index in [4.69, 9.17) is 32.7 Å². The van der Waals surface area contributed by atoms with Crippen molar-refractivity contribution in [2.24, 2.45) is 0 Å². The monoisotopic (exact) mass is 524 g/mol. The fraction of sp³-hybridized carbons (Fsp3) is 0.174. The SMILES string of the molecule is CCOC(=O)c1c(NC(=O)COc2ccc(Cl)cc2Cl)sc(C(=O)Nc2ccccc2F)c1C. The second-order valence-electron chi connectivity index (χ2n) is 6.83. The van der Waals surface area contributed by atoms with Crippen LogP contribution in [0.5, 0.6) is 5.75 Å². The minimum Gasteiger partial charge on any atom is -0.482 e. The number of carbonyl (C=O) groups is 3. The number of esters is 1. The molecule has 178 valence electrons. The van der Waals surface area contributed by atoms with Crippen LogP contribution in [0.2, 0.25) is 10.0 Å². The molecule has 3 aromatic rings. The summed E-state index contributed by atoms with van der Waals surface area (Å²) in [6, 6.07) is 10.2. The van der Waals surface area contributed by atoms with Crippen LogP contribution in [0.15, 0.2) is 42.5 Å². The first kappa shape index (κ1) is 25.5. The van der Waals surface area contributed by atoms with E-state index >= 15 is 0 Å². The van der Waals surface area contributed by atoms with Crippen molar-refractivity contribution in [3.8, 4) is 5.75 Å². The van der Waals surface area contributed by atoms with Crippen LogP contribution in [-0.4, -0.2) is 31.0 Å². The Morgan fingerprint density at radius 2 is 1.82 bits per heavy atom. The Morgan fingerprint density at radius 3 is 2.50 bits per heavy atom. The fourth-order valence-corrected chi connectivity index (χ4v) is 4.48. The van der Waals surface area contributed by atoms with Gasteiger partial charge in [-0.2, -0.15) is 0 Å². The van der Waals surface area contributed by atoms with Crippen LogP contribution in [0, 0.1) is 12.7 Å². The summed E-state index contributed by atoms with van der Waals surface area (Å²) in [7, 11) is 0. The summed E-state index contributed by atoms with van der Waals surface area (Å²) >= 11 is 12.7. The van der Waals surface area contributed by atoms with Gasteiger partial charge in [0.1, 0.15) is 16.6 Å². The summed E-state index contributed by atoms with van der Waals surface area (Å²) < 4.78 is 24.4. The second kappa shape index (κ2) is 11.3. The number of hydrogen-bond donors (Lipinski definition) is 2. The second-order valence-corrected chi connectivity index (χ2v) is 8.69. The zero-order valence-corrected chi connectivity index (χ0v) is 20.4. The summed E-state index contributed by atoms with van der Waals surface area (Å²) in [6.07, 6.45) is 0. The van der Waals surface area contributed by atoms with E-state index < -0.39 is 30.2 Å². The van der Waals surface area contributed by atoms with E-state index in [-0.39, 0.29) is 44.1 Å². The Bertz CT molecular complexity index is 1250. The molecule has 2 amide bonds. The van der Waals surface area contributed by atoms with Gasteiger partial charge in [-0.15, -0.1) is 11.3 Å². The van der Waals surface area contributed by atoms with E-state index in [1.165, 1.54) is 30.3 Å².